The fourth-order valence-corrected chi connectivity index (χ4v) is 2.19. The first-order valence-electron chi connectivity index (χ1n) is 4.90. The van der Waals surface area contributed by atoms with Gasteiger partial charge >= 0.3 is 0 Å². The molecule has 0 bridgehead atoms. The molecule has 1 fully saturated rings. The first-order chi connectivity index (χ1) is 7.25. The summed E-state index contributed by atoms with van der Waals surface area (Å²) in [4.78, 5) is 22.9. The quantitative estimate of drug-likeness (QED) is 0.631. The Morgan fingerprint density at radius 3 is 2.87 bits per heavy atom. The molecule has 3 nitrogen and oxygen atoms in total. The molecule has 3 rings (SSSR count). The molecular formula is C12H9NO2. The van der Waals surface area contributed by atoms with Gasteiger partial charge in [-0.3, -0.25) is 14.9 Å². The Hall–Kier alpha value is -1.90. The predicted molar refractivity (Wildman–Crippen MR) is 54.8 cm³/mol. The number of amides is 2. The molecule has 0 spiro atoms. The van der Waals surface area contributed by atoms with Crippen LogP contribution in [0.2, 0.25) is 0 Å². The van der Waals surface area contributed by atoms with Crippen LogP contribution in [0, 0.1) is 5.92 Å². The molecule has 2 amide bonds. The standard InChI is InChI=1S/C12H9NO2/c14-11-9-5-7-3-1-2-4-8(7)6-10(9)12(15)13-11/h1-5,10H,6H2,(H,13,14,15). The lowest BCUT2D eigenvalue weighted by Crippen LogP contribution is -2.23. The SMILES string of the molecule is O=C1NC(=O)C2Cc3ccccc3C=C12. The molecule has 1 unspecified atom stereocenters. The van der Waals surface area contributed by atoms with E-state index in [2.05, 4.69) is 5.32 Å². The van der Waals surface area contributed by atoms with E-state index >= 15 is 0 Å². The number of hydrogen-bond donors (Lipinski definition) is 1. The highest BCUT2D eigenvalue weighted by atomic mass is 16.2. The van der Waals surface area contributed by atoms with E-state index in [9.17, 15) is 9.59 Å². The summed E-state index contributed by atoms with van der Waals surface area (Å²) in [7, 11) is 0. The number of benzene rings is 1. The molecule has 3 heteroatoms. The molecule has 15 heavy (non-hydrogen) atoms. The van der Waals surface area contributed by atoms with E-state index in [1.54, 1.807) is 0 Å². The highest BCUT2D eigenvalue weighted by Gasteiger charge is 2.38. The Balaban J connectivity index is 2.16. The number of fused-ring (bicyclic) bond motifs is 2. The molecule has 0 radical (unpaired) electrons. The lowest BCUT2D eigenvalue weighted by Gasteiger charge is -2.16. The monoisotopic (exact) mass is 199 g/mol. The lowest BCUT2D eigenvalue weighted by molar-refractivity contribution is -0.125. The van der Waals surface area contributed by atoms with Gasteiger partial charge in [0.15, 0.2) is 0 Å². The molecule has 0 saturated carbocycles. The number of carbonyl (C=O) groups excluding carboxylic acids is 2. The maximum Gasteiger partial charge on any atom is 0.254 e. The second-order valence-electron chi connectivity index (χ2n) is 3.87. The van der Waals surface area contributed by atoms with Crippen molar-refractivity contribution in [3.8, 4) is 0 Å². The molecule has 1 aliphatic carbocycles. The summed E-state index contributed by atoms with van der Waals surface area (Å²) in [6.07, 6.45) is 2.46. The van der Waals surface area contributed by atoms with Crippen molar-refractivity contribution >= 4 is 17.9 Å². The van der Waals surface area contributed by atoms with Gasteiger partial charge in [0.25, 0.3) is 5.91 Å². The number of rotatable bonds is 0. The van der Waals surface area contributed by atoms with Crippen molar-refractivity contribution in [2.75, 3.05) is 0 Å². The third-order valence-corrected chi connectivity index (χ3v) is 2.98. The van der Waals surface area contributed by atoms with E-state index in [1.807, 2.05) is 30.3 Å². The second-order valence-corrected chi connectivity index (χ2v) is 3.87. The second kappa shape index (κ2) is 2.79. The third-order valence-electron chi connectivity index (χ3n) is 2.98. The van der Waals surface area contributed by atoms with Crippen LogP contribution in [0.1, 0.15) is 11.1 Å². The average molecular weight is 199 g/mol. The summed E-state index contributed by atoms with van der Waals surface area (Å²) in [5.41, 5.74) is 2.79. The summed E-state index contributed by atoms with van der Waals surface area (Å²) in [6, 6.07) is 7.85. The Morgan fingerprint density at radius 1 is 1.20 bits per heavy atom. The van der Waals surface area contributed by atoms with E-state index in [-0.39, 0.29) is 17.7 Å². The van der Waals surface area contributed by atoms with Gasteiger partial charge in [-0.05, 0) is 23.6 Å². The highest BCUT2D eigenvalue weighted by molar-refractivity contribution is 6.17. The van der Waals surface area contributed by atoms with Gasteiger partial charge in [-0.2, -0.15) is 0 Å². The van der Waals surface area contributed by atoms with Gasteiger partial charge in [-0.25, -0.2) is 0 Å². The third kappa shape index (κ3) is 1.13. The summed E-state index contributed by atoms with van der Waals surface area (Å²) >= 11 is 0. The molecule has 1 saturated heterocycles. The molecule has 1 heterocycles. The fourth-order valence-electron chi connectivity index (χ4n) is 2.19. The Kier molecular flexibility index (Phi) is 1.57. The lowest BCUT2D eigenvalue weighted by atomic mass is 9.85. The van der Waals surface area contributed by atoms with Crippen molar-refractivity contribution in [3.05, 3.63) is 41.0 Å². The maximum atomic E-state index is 11.5. The molecule has 1 atom stereocenters. The van der Waals surface area contributed by atoms with Crippen LogP contribution in [0.15, 0.2) is 29.8 Å². The summed E-state index contributed by atoms with van der Waals surface area (Å²) in [5.74, 6) is -0.673. The van der Waals surface area contributed by atoms with Crippen molar-refractivity contribution in [3.63, 3.8) is 0 Å². The minimum absolute atomic E-state index is 0.166. The zero-order chi connectivity index (χ0) is 10.4. The minimum atomic E-state index is -0.271. The number of carbonyl (C=O) groups is 2. The van der Waals surface area contributed by atoms with E-state index in [0.29, 0.717) is 12.0 Å². The molecule has 1 aromatic carbocycles. The first kappa shape index (κ1) is 8.41. The van der Waals surface area contributed by atoms with E-state index in [4.69, 9.17) is 0 Å². The smallest absolute Gasteiger partial charge is 0.254 e. The fraction of sp³-hybridized carbons (Fsp3) is 0.167. The molecule has 0 aromatic heterocycles. The van der Waals surface area contributed by atoms with Gasteiger partial charge in [0.2, 0.25) is 5.91 Å². The van der Waals surface area contributed by atoms with Crippen LogP contribution < -0.4 is 5.32 Å². The Morgan fingerprint density at radius 2 is 2.00 bits per heavy atom. The van der Waals surface area contributed by atoms with Crippen molar-refractivity contribution in [2.45, 2.75) is 6.42 Å². The van der Waals surface area contributed by atoms with Crippen LogP contribution in [-0.2, 0) is 16.0 Å². The first-order valence-corrected chi connectivity index (χ1v) is 4.90. The van der Waals surface area contributed by atoms with Crippen LogP contribution in [-0.4, -0.2) is 11.8 Å². The van der Waals surface area contributed by atoms with E-state index < -0.39 is 0 Å². The van der Waals surface area contributed by atoms with Gasteiger partial charge in [0.1, 0.15) is 0 Å². The van der Waals surface area contributed by atoms with Crippen LogP contribution in [0.25, 0.3) is 6.08 Å². The highest BCUT2D eigenvalue weighted by Crippen LogP contribution is 2.31. The van der Waals surface area contributed by atoms with Crippen molar-refractivity contribution in [2.24, 2.45) is 5.92 Å². The number of nitrogens with one attached hydrogen (secondary N) is 1. The maximum absolute atomic E-state index is 11.5. The van der Waals surface area contributed by atoms with Crippen molar-refractivity contribution in [1.29, 1.82) is 0 Å². The predicted octanol–water partition coefficient (Wildman–Crippen LogP) is 0.899. The van der Waals surface area contributed by atoms with Gasteiger partial charge in [0.05, 0.1) is 5.92 Å². The molecule has 1 aromatic rings. The summed E-state index contributed by atoms with van der Waals surface area (Å²) < 4.78 is 0. The van der Waals surface area contributed by atoms with Crippen LogP contribution in [0.4, 0.5) is 0 Å². The summed E-state index contributed by atoms with van der Waals surface area (Å²) in [5, 5.41) is 2.35. The number of imide groups is 1. The zero-order valence-electron chi connectivity index (χ0n) is 7.99. The normalized spacial score (nSPS) is 22.9. The van der Waals surface area contributed by atoms with Crippen LogP contribution >= 0.6 is 0 Å². The zero-order valence-corrected chi connectivity index (χ0v) is 7.99. The topological polar surface area (TPSA) is 46.2 Å². The Bertz CT molecular complexity index is 502. The van der Waals surface area contributed by atoms with Crippen LogP contribution in [0.3, 0.4) is 0 Å². The van der Waals surface area contributed by atoms with Gasteiger partial charge in [0, 0.05) is 5.57 Å². The average Bonchev–Trinajstić information content (AvgIpc) is 2.52. The molecule has 1 aliphatic heterocycles. The van der Waals surface area contributed by atoms with E-state index in [1.165, 1.54) is 0 Å². The minimum Gasteiger partial charge on any atom is -0.292 e. The Labute approximate surface area is 86.8 Å². The van der Waals surface area contributed by atoms with Gasteiger partial charge in [-0.15, -0.1) is 0 Å². The molecule has 1 N–H and O–H groups in total. The molecule has 2 aliphatic rings. The van der Waals surface area contributed by atoms with Crippen molar-refractivity contribution < 1.29 is 9.59 Å². The van der Waals surface area contributed by atoms with Crippen molar-refractivity contribution in [1.82, 2.24) is 5.32 Å². The summed E-state index contributed by atoms with van der Waals surface area (Å²) in [6.45, 7) is 0. The number of hydrogen-bond acceptors (Lipinski definition) is 2. The molecule has 74 valence electrons. The largest absolute Gasteiger partial charge is 0.292 e. The molecular weight excluding hydrogens is 190 g/mol. The van der Waals surface area contributed by atoms with E-state index in [0.717, 1.165) is 11.1 Å². The van der Waals surface area contributed by atoms with Crippen LogP contribution in [0.5, 0.6) is 0 Å². The van der Waals surface area contributed by atoms with Gasteiger partial charge in [-0.1, -0.05) is 24.3 Å². The van der Waals surface area contributed by atoms with Gasteiger partial charge < -0.3 is 0 Å².